The Morgan fingerprint density at radius 2 is 1.95 bits per heavy atom. The summed E-state index contributed by atoms with van der Waals surface area (Å²) in [4.78, 5) is 10.4. The predicted molar refractivity (Wildman–Crippen MR) is 87.2 cm³/mol. The highest BCUT2D eigenvalue weighted by Gasteiger charge is 1.95. The van der Waals surface area contributed by atoms with Gasteiger partial charge in [-0.05, 0) is 34.6 Å². The van der Waals surface area contributed by atoms with Crippen molar-refractivity contribution in [3.8, 4) is 0 Å². The first-order valence-electron chi connectivity index (χ1n) is 6.70. The van der Waals surface area contributed by atoms with Gasteiger partial charge in [-0.25, -0.2) is 0 Å². The van der Waals surface area contributed by atoms with Crippen molar-refractivity contribution in [2.24, 2.45) is 0 Å². The second kappa shape index (κ2) is 7.75. The molecule has 0 amide bonds. The van der Waals surface area contributed by atoms with Crippen LogP contribution in [-0.4, -0.2) is 22.6 Å². The Hall–Kier alpha value is -1.74. The lowest BCUT2D eigenvalue weighted by Gasteiger charge is -1.99. The third kappa shape index (κ3) is 4.74. The van der Waals surface area contributed by atoms with Gasteiger partial charge in [0.05, 0.1) is 0 Å². The van der Waals surface area contributed by atoms with E-state index >= 15 is 0 Å². The lowest BCUT2D eigenvalue weighted by molar-refractivity contribution is -0.137. The minimum absolute atomic E-state index is 0.265. The number of carbonyl (C=O) groups is 1. The Morgan fingerprint density at radius 3 is 2.75 bits per heavy atom. The number of hydrogen-bond donors (Lipinski definition) is 1. The van der Waals surface area contributed by atoms with Crippen LogP contribution in [0.15, 0.2) is 48.5 Å². The van der Waals surface area contributed by atoms with Crippen LogP contribution in [0.1, 0.15) is 18.4 Å². The standard InChI is InChI=1S/C17H18O2S/c18-17(19)8-4-12-20-11-3-5-14-9-10-15-6-1-2-7-16(15)13-14/h1-3,5-7,9-10,13H,4,8,11-12H2,(H,18,19)/b5-3+. The molecule has 0 atom stereocenters. The monoisotopic (exact) mass is 286 g/mol. The van der Waals surface area contributed by atoms with Gasteiger partial charge in [-0.3, -0.25) is 4.79 Å². The SMILES string of the molecule is O=C(O)CCCSC/C=C/c1ccc2ccccc2c1. The van der Waals surface area contributed by atoms with Gasteiger partial charge in [-0.2, -0.15) is 11.8 Å². The number of carboxylic acid groups (broad SMARTS) is 1. The van der Waals surface area contributed by atoms with Crippen LogP contribution in [0.4, 0.5) is 0 Å². The third-order valence-corrected chi connectivity index (χ3v) is 3.98. The van der Waals surface area contributed by atoms with Gasteiger partial charge < -0.3 is 5.11 Å². The molecule has 1 N–H and O–H groups in total. The molecule has 104 valence electrons. The van der Waals surface area contributed by atoms with Crippen LogP contribution in [0.3, 0.4) is 0 Å². The molecule has 0 aliphatic heterocycles. The fraction of sp³-hybridized carbons (Fsp3) is 0.235. The van der Waals surface area contributed by atoms with E-state index < -0.39 is 5.97 Å². The Balaban J connectivity index is 1.79. The maximum Gasteiger partial charge on any atom is 0.303 e. The number of hydrogen-bond acceptors (Lipinski definition) is 2. The summed E-state index contributed by atoms with van der Waals surface area (Å²) in [6.07, 6.45) is 5.26. The van der Waals surface area contributed by atoms with Gasteiger partial charge >= 0.3 is 5.97 Å². The van der Waals surface area contributed by atoms with Gasteiger partial charge in [0.25, 0.3) is 0 Å². The van der Waals surface area contributed by atoms with Crippen molar-refractivity contribution in [3.05, 3.63) is 54.1 Å². The lowest BCUT2D eigenvalue weighted by atomic mass is 10.1. The molecule has 2 aromatic rings. The van der Waals surface area contributed by atoms with Crippen LogP contribution in [0.2, 0.25) is 0 Å². The van der Waals surface area contributed by atoms with Gasteiger partial charge in [-0.15, -0.1) is 0 Å². The highest BCUT2D eigenvalue weighted by molar-refractivity contribution is 7.99. The van der Waals surface area contributed by atoms with Gasteiger partial charge in [-0.1, -0.05) is 48.6 Å². The minimum Gasteiger partial charge on any atom is -0.481 e. The zero-order valence-electron chi connectivity index (χ0n) is 11.3. The zero-order chi connectivity index (χ0) is 14.2. The summed E-state index contributed by atoms with van der Waals surface area (Å²) in [6.45, 7) is 0. The number of thioether (sulfide) groups is 1. The lowest BCUT2D eigenvalue weighted by Crippen LogP contribution is -1.94. The molecule has 2 nitrogen and oxygen atoms in total. The molecule has 0 fully saturated rings. The number of aliphatic carboxylic acids is 1. The number of rotatable bonds is 7. The molecule has 0 unspecified atom stereocenters. The van der Waals surface area contributed by atoms with Crippen LogP contribution < -0.4 is 0 Å². The van der Waals surface area contributed by atoms with Gasteiger partial charge in [0.2, 0.25) is 0 Å². The van der Waals surface area contributed by atoms with Crippen LogP contribution >= 0.6 is 11.8 Å². The van der Waals surface area contributed by atoms with E-state index in [-0.39, 0.29) is 6.42 Å². The largest absolute Gasteiger partial charge is 0.481 e. The molecule has 0 bridgehead atoms. The molecule has 0 aromatic heterocycles. The topological polar surface area (TPSA) is 37.3 Å². The zero-order valence-corrected chi connectivity index (χ0v) is 12.1. The molecule has 0 radical (unpaired) electrons. The third-order valence-electron chi connectivity index (χ3n) is 2.98. The second-order valence-electron chi connectivity index (χ2n) is 4.58. The summed E-state index contributed by atoms with van der Waals surface area (Å²) in [5.74, 6) is 1.11. The Kier molecular flexibility index (Phi) is 5.69. The average Bonchev–Trinajstić information content (AvgIpc) is 2.46. The van der Waals surface area contributed by atoms with Crippen molar-refractivity contribution in [2.45, 2.75) is 12.8 Å². The summed E-state index contributed by atoms with van der Waals surface area (Å²) in [5, 5.41) is 11.0. The molecule has 0 heterocycles. The van der Waals surface area contributed by atoms with E-state index in [0.717, 1.165) is 17.9 Å². The summed E-state index contributed by atoms with van der Waals surface area (Å²) in [7, 11) is 0. The molecular formula is C17H18O2S. The smallest absolute Gasteiger partial charge is 0.303 e. The van der Waals surface area contributed by atoms with E-state index in [9.17, 15) is 4.79 Å². The van der Waals surface area contributed by atoms with E-state index in [1.807, 2.05) is 12.1 Å². The first kappa shape index (κ1) is 14.7. The van der Waals surface area contributed by atoms with Crippen LogP contribution in [0.25, 0.3) is 16.8 Å². The van der Waals surface area contributed by atoms with Crippen LogP contribution in [0.5, 0.6) is 0 Å². The average molecular weight is 286 g/mol. The van der Waals surface area contributed by atoms with E-state index in [2.05, 4.69) is 42.5 Å². The number of benzene rings is 2. The van der Waals surface area contributed by atoms with E-state index in [1.54, 1.807) is 11.8 Å². The fourth-order valence-corrected chi connectivity index (χ4v) is 2.72. The summed E-state index contributed by atoms with van der Waals surface area (Å²) in [6, 6.07) is 14.8. The highest BCUT2D eigenvalue weighted by atomic mass is 32.2. The molecule has 2 rings (SSSR count). The number of carboxylic acids is 1. The van der Waals surface area contributed by atoms with Crippen molar-refractivity contribution in [2.75, 3.05) is 11.5 Å². The maximum atomic E-state index is 10.4. The quantitative estimate of drug-likeness (QED) is 0.764. The van der Waals surface area contributed by atoms with Gasteiger partial charge in [0.15, 0.2) is 0 Å². The molecule has 2 aromatic carbocycles. The summed E-state index contributed by atoms with van der Waals surface area (Å²) in [5.41, 5.74) is 1.20. The predicted octanol–water partition coefficient (Wildman–Crippen LogP) is 4.45. The molecule has 0 aliphatic rings. The van der Waals surface area contributed by atoms with E-state index in [0.29, 0.717) is 0 Å². The molecule has 0 spiro atoms. The maximum absolute atomic E-state index is 10.4. The molecule has 3 heteroatoms. The van der Waals surface area contributed by atoms with Crippen molar-refractivity contribution < 1.29 is 9.90 Å². The van der Waals surface area contributed by atoms with Crippen molar-refractivity contribution in [1.29, 1.82) is 0 Å². The Bertz CT molecular complexity index is 605. The Morgan fingerprint density at radius 1 is 1.15 bits per heavy atom. The van der Waals surface area contributed by atoms with Gasteiger partial charge in [0, 0.05) is 12.2 Å². The first-order chi connectivity index (χ1) is 9.75. The van der Waals surface area contributed by atoms with Crippen LogP contribution in [-0.2, 0) is 4.79 Å². The van der Waals surface area contributed by atoms with Crippen LogP contribution in [0, 0.1) is 0 Å². The fourth-order valence-electron chi connectivity index (χ4n) is 1.97. The van der Waals surface area contributed by atoms with Crippen molar-refractivity contribution in [3.63, 3.8) is 0 Å². The van der Waals surface area contributed by atoms with Crippen molar-refractivity contribution in [1.82, 2.24) is 0 Å². The minimum atomic E-state index is -0.711. The normalized spacial score (nSPS) is 11.2. The van der Waals surface area contributed by atoms with Gasteiger partial charge in [0.1, 0.15) is 0 Å². The molecule has 0 saturated heterocycles. The van der Waals surface area contributed by atoms with E-state index in [1.165, 1.54) is 16.3 Å². The second-order valence-corrected chi connectivity index (χ2v) is 5.73. The van der Waals surface area contributed by atoms with E-state index in [4.69, 9.17) is 5.11 Å². The van der Waals surface area contributed by atoms with Crippen molar-refractivity contribution >= 4 is 34.6 Å². The highest BCUT2D eigenvalue weighted by Crippen LogP contribution is 2.16. The number of fused-ring (bicyclic) bond motifs is 1. The molecule has 0 saturated carbocycles. The Labute approximate surface area is 123 Å². The summed E-state index contributed by atoms with van der Waals surface area (Å²) >= 11 is 1.77. The molecule has 0 aliphatic carbocycles. The summed E-state index contributed by atoms with van der Waals surface area (Å²) < 4.78 is 0. The molecular weight excluding hydrogens is 268 g/mol. The first-order valence-corrected chi connectivity index (χ1v) is 7.86. The molecule has 20 heavy (non-hydrogen) atoms.